The highest BCUT2D eigenvalue weighted by Gasteiger charge is 2.28. The summed E-state index contributed by atoms with van der Waals surface area (Å²) in [6, 6.07) is 10.3. The van der Waals surface area contributed by atoms with Gasteiger partial charge >= 0.3 is 12.1 Å². The molecule has 1 aliphatic rings. The number of anilines is 1. The van der Waals surface area contributed by atoms with Crippen molar-refractivity contribution in [3.8, 4) is 5.75 Å². The summed E-state index contributed by atoms with van der Waals surface area (Å²) in [5.41, 5.74) is 1.33. The van der Waals surface area contributed by atoms with Crippen molar-refractivity contribution >= 4 is 11.8 Å². The lowest BCUT2D eigenvalue weighted by atomic mass is 10.2. The van der Waals surface area contributed by atoms with E-state index >= 15 is 0 Å². The van der Waals surface area contributed by atoms with Crippen LogP contribution in [-0.2, 0) is 11.3 Å². The average Bonchev–Trinajstić information content (AvgIpc) is 2.73. The van der Waals surface area contributed by atoms with Gasteiger partial charge in [0.05, 0.1) is 12.2 Å². The van der Waals surface area contributed by atoms with Crippen LogP contribution in [-0.4, -0.2) is 61.4 Å². The van der Waals surface area contributed by atoms with Gasteiger partial charge in [-0.05, 0) is 36.8 Å². The minimum Gasteiger partial charge on any atom is -0.484 e. The van der Waals surface area contributed by atoms with Gasteiger partial charge in [0.15, 0.2) is 6.61 Å². The van der Waals surface area contributed by atoms with Crippen molar-refractivity contribution in [2.75, 3.05) is 44.3 Å². The maximum atomic E-state index is 12.3. The van der Waals surface area contributed by atoms with Crippen LogP contribution in [0.25, 0.3) is 0 Å². The number of hydrogen-bond donors (Lipinski definition) is 0. The molecule has 3 rings (SSSR count). The summed E-state index contributed by atoms with van der Waals surface area (Å²) in [7, 11) is 0. The molecule has 2 aromatic rings. The number of benzene rings is 1. The normalized spacial score (nSPS) is 15.1. The fourth-order valence-electron chi connectivity index (χ4n) is 3.20. The second-order valence-corrected chi connectivity index (χ2v) is 6.94. The number of pyridine rings is 1. The number of esters is 1. The highest BCUT2D eigenvalue weighted by Crippen LogP contribution is 2.21. The Labute approximate surface area is 173 Å². The van der Waals surface area contributed by atoms with E-state index in [-0.39, 0.29) is 11.7 Å². The van der Waals surface area contributed by atoms with Gasteiger partial charge in [-0.15, -0.1) is 0 Å². The van der Waals surface area contributed by atoms with Crippen LogP contribution in [0.3, 0.4) is 0 Å². The summed E-state index contributed by atoms with van der Waals surface area (Å²) in [5.74, 6) is 0.627. The number of alkyl halides is 3. The van der Waals surface area contributed by atoms with Gasteiger partial charge in [-0.25, -0.2) is 9.78 Å². The van der Waals surface area contributed by atoms with E-state index in [0.29, 0.717) is 18.7 Å². The summed E-state index contributed by atoms with van der Waals surface area (Å²) in [6.07, 6.45) is -2.83. The summed E-state index contributed by atoms with van der Waals surface area (Å²) in [6.45, 7) is 4.50. The number of nitrogens with zero attached hydrogens (tertiary/aromatic N) is 3. The first-order chi connectivity index (χ1) is 14.3. The van der Waals surface area contributed by atoms with E-state index in [4.69, 9.17) is 9.47 Å². The number of aromatic nitrogens is 1. The highest BCUT2D eigenvalue weighted by atomic mass is 19.4. The molecule has 0 radical (unpaired) electrons. The molecule has 0 aliphatic carbocycles. The van der Waals surface area contributed by atoms with E-state index in [9.17, 15) is 18.0 Å². The lowest BCUT2D eigenvalue weighted by Gasteiger charge is -2.35. The molecule has 0 N–H and O–H groups in total. The first kappa shape index (κ1) is 21.9. The SMILES string of the molecule is CCOC(=O)c1ccc(N2CCN(Cc3cccc(OCC(F)(F)F)c3)CC2)nc1. The summed E-state index contributed by atoms with van der Waals surface area (Å²) >= 11 is 0. The maximum absolute atomic E-state index is 12.3. The molecule has 0 bridgehead atoms. The Bertz CT molecular complexity index is 835. The molecule has 1 aromatic carbocycles. The van der Waals surface area contributed by atoms with Crippen molar-refractivity contribution < 1.29 is 27.4 Å². The van der Waals surface area contributed by atoms with E-state index in [2.05, 4.69) is 14.8 Å². The molecule has 1 saturated heterocycles. The molecule has 0 atom stereocenters. The van der Waals surface area contributed by atoms with E-state index in [1.165, 1.54) is 12.3 Å². The van der Waals surface area contributed by atoms with E-state index in [1.807, 2.05) is 12.1 Å². The Hall–Kier alpha value is -2.81. The molecule has 0 unspecified atom stereocenters. The Morgan fingerprint density at radius 2 is 1.90 bits per heavy atom. The topological polar surface area (TPSA) is 54.9 Å². The van der Waals surface area contributed by atoms with Crippen molar-refractivity contribution in [3.63, 3.8) is 0 Å². The van der Waals surface area contributed by atoms with Crippen LogP contribution in [0, 0.1) is 0 Å². The molecule has 6 nitrogen and oxygen atoms in total. The number of carbonyl (C=O) groups is 1. The van der Waals surface area contributed by atoms with Gasteiger partial charge in [0.25, 0.3) is 0 Å². The molecule has 1 aliphatic heterocycles. The molecule has 2 heterocycles. The molecular formula is C21H24F3N3O3. The molecular weight excluding hydrogens is 399 g/mol. The highest BCUT2D eigenvalue weighted by molar-refractivity contribution is 5.89. The molecule has 1 aromatic heterocycles. The van der Waals surface area contributed by atoms with Crippen LogP contribution >= 0.6 is 0 Å². The molecule has 30 heavy (non-hydrogen) atoms. The minimum absolute atomic E-state index is 0.217. The predicted molar refractivity (Wildman–Crippen MR) is 106 cm³/mol. The van der Waals surface area contributed by atoms with Gasteiger partial charge < -0.3 is 14.4 Å². The van der Waals surface area contributed by atoms with Crippen molar-refractivity contribution in [3.05, 3.63) is 53.7 Å². The predicted octanol–water partition coefficient (Wildman–Crippen LogP) is 3.52. The van der Waals surface area contributed by atoms with E-state index in [1.54, 1.807) is 25.1 Å². The van der Waals surface area contributed by atoms with Crippen molar-refractivity contribution in [2.24, 2.45) is 0 Å². The fraction of sp³-hybridized carbons (Fsp3) is 0.429. The Morgan fingerprint density at radius 3 is 2.53 bits per heavy atom. The quantitative estimate of drug-likeness (QED) is 0.636. The van der Waals surface area contributed by atoms with Crippen LogP contribution in [0.15, 0.2) is 42.6 Å². The number of carbonyl (C=O) groups excluding carboxylic acids is 1. The van der Waals surface area contributed by atoms with Crippen LogP contribution in [0.2, 0.25) is 0 Å². The third kappa shape index (κ3) is 6.35. The van der Waals surface area contributed by atoms with Gasteiger partial charge in [0.2, 0.25) is 0 Å². The molecule has 1 fully saturated rings. The molecule has 0 amide bonds. The number of hydrogen-bond acceptors (Lipinski definition) is 6. The number of piperazine rings is 1. The maximum Gasteiger partial charge on any atom is 0.422 e. The van der Waals surface area contributed by atoms with Crippen LogP contribution in [0.5, 0.6) is 5.75 Å². The first-order valence-electron chi connectivity index (χ1n) is 9.73. The Morgan fingerprint density at radius 1 is 1.13 bits per heavy atom. The summed E-state index contributed by atoms with van der Waals surface area (Å²) in [5, 5.41) is 0. The van der Waals surface area contributed by atoms with Gasteiger partial charge in [-0.3, -0.25) is 4.90 Å². The zero-order chi connectivity index (χ0) is 21.6. The van der Waals surface area contributed by atoms with Crippen LogP contribution in [0.4, 0.5) is 19.0 Å². The Kier molecular flexibility index (Phi) is 7.15. The first-order valence-corrected chi connectivity index (χ1v) is 9.73. The third-order valence-corrected chi connectivity index (χ3v) is 4.66. The molecule has 0 spiro atoms. The van der Waals surface area contributed by atoms with Gasteiger partial charge in [0, 0.05) is 38.9 Å². The number of rotatable bonds is 7. The van der Waals surface area contributed by atoms with Crippen molar-refractivity contribution in [1.29, 1.82) is 0 Å². The van der Waals surface area contributed by atoms with E-state index < -0.39 is 12.8 Å². The standard InChI is InChI=1S/C21H24F3N3O3/c1-2-29-20(28)17-6-7-19(25-13-17)27-10-8-26(9-11-27)14-16-4-3-5-18(12-16)30-15-21(22,23)24/h3-7,12-13H,2,8-11,14-15H2,1H3. The van der Waals surface area contributed by atoms with E-state index in [0.717, 1.165) is 37.6 Å². The minimum atomic E-state index is -4.35. The van der Waals surface area contributed by atoms with Crippen LogP contribution < -0.4 is 9.64 Å². The second-order valence-electron chi connectivity index (χ2n) is 6.94. The van der Waals surface area contributed by atoms with Gasteiger partial charge in [-0.1, -0.05) is 12.1 Å². The van der Waals surface area contributed by atoms with Gasteiger partial charge in [0.1, 0.15) is 11.6 Å². The average molecular weight is 423 g/mol. The van der Waals surface area contributed by atoms with Gasteiger partial charge in [-0.2, -0.15) is 13.2 Å². The fourth-order valence-corrected chi connectivity index (χ4v) is 3.20. The monoisotopic (exact) mass is 423 g/mol. The summed E-state index contributed by atoms with van der Waals surface area (Å²) in [4.78, 5) is 20.4. The number of halogens is 3. The van der Waals surface area contributed by atoms with Crippen LogP contribution in [0.1, 0.15) is 22.8 Å². The lowest BCUT2D eigenvalue weighted by Crippen LogP contribution is -2.46. The largest absolute Gasteiger partial charge is 0.484 e. The zero-order valence-electron chi connectivity index (χ0n) is 16.7. The third-order valence-electron chi connectivity index (χ3n) is 4.66. The van der Waals surface area contributed by atoms with Crippen molar-refractivity contribution in [2.45, 2.75) is 19.6 Å². The molecule has 9 heteroatoms. The molecule has 0 saturated carbocycles. The zero-order valence-corrected chi connectivity index (χ0v) is 16.7. The second kappa shape index (κ2) is 9.80. The van der Waals surface area contributed by atoms with Crippen molar-refractivity contribution in [1.82, 2.24) is 9.88 Å². The number of ether oxygens (including phenoxy) is 2. The lowest BCUT2D eigenvalue weighted by molar-refractivity contribution is -0.153. The smallest absolute Gasteiger partial charge is 0.422 e. The molecule has 162 valence electrons. The Balaban J connectivity index is 1.50. The summed E-state index contributed by atoms with van der Waals surface area (Å²) < 4.78 is 46.7.